The Balaban J connectivity index is 3.18. The van der Waals surface area contributed by atoms with Gasteiger partial charge in [-0.25, -0.2) is 0 Å². The first-order valence-corrected chi connectivity index (χ1v) is 4.30. The van der Waals surface area contributed by atoms with Crippen LogP contribution in [0.25, 0.3) is 0 Å². The Kier molecular flexibility index (Phi) is 2.74. The van der Waals surface area contributed by atoms with Crippen LogP contribution in [0, 0.1) is 6.92 Å². The first-order valence-electron chi connectivity index (χ1n) is 3.93. The maximum absolute atomic E-state index is 10.5. The summed E-state index contributed by atoms with van der Waals surface area (Å²) in [6, 6.07) is 5.07. The molecule has 0 saturated heterocycles. The molecule has 3 heteroatoms. The summed E-state index contributed by atoms with van der Waals surface area (Å²) in [5, 5.41) is 10.1. The molecule has 0 heterocycles. The van der Waals surface area contributed by atoms with Crippen molar-refractivity contribution in [3.8, 4) is 0 Å². The molecular weight excluding hydrogens is 188 g/mol. The van der Waals surface area contributed by atoms with E-state index in [1.165, 1.54) is 6.92 Å². The average Bonchev–Trinajstić information content (AvgIpc) is 2.09. The topological polar surface area (TPSA) is 37.3 Å². The summed E-state index contributed by atoms with van der Waals surface area (Å²) < 4.78 is 0. The minimum absolute atomic E-state index is 0.494. The third kappa shape index (κ3) is 2.08. The number of aliphatic hydroxyl groups is 1. The Morgan fingerprint density at radius 2 is 2.15 bits per heavy atom. The number of hydrogen-bond donors (Lipinski definition) is 1. The predicted molar refractivity (Wildman–Crippen MR) is 51.8 cm³/mol. The molecule has 0 saturated carbocycles. The standard InChI is InChI=1S/C10H11ClO2/c1-7-3-4-8(5-9(7)11)10(2,13)6-12/h3-6,13H,1-2H3. The van der Waals surface area contributed by atoms with Crippen LogP contribution >= 0.6 is 11.6 Å². The van der Waals surface area contributed by atoms with Crippen LogP contribution in [0.1, 0.15) is 18.1 Å². The summed E-state index contributed by atoms with van der Waals surface area (Å²) in [5.41, 5.74) is -0.0117. The van der Waals surface area contributed by atoms with Gasteiger partial charge in [0.05, 0.1) is 0 Å². The third-order valence-corrected chi connectivity index (χ3v) is 2.39. The van der Waals surface area contributed by atoms with E-state index in [0.717, 1.165) is 5.56 Å². The molecule has 1 aromatic rings. The Morgan fingerprint density at radius 3 is 2.62 bits per heavy atom. The lowest BCUT2D eigenvalue weighted by molar-refractivity contribution is -0.123. The van der Waals surface area contributed by atoms with Gasteiger partial charge in [0.1, 0.15) is 5.60 Å². The van der Waals surface area contributed by atoms with Gasteiger partial charge in [-0.1, -0.05) is 23.7 Å². The minimum atomic E-state index is -1.45. The molecule has 70 valence electrons. The fourth-order valence-corrected chi connectivity index (χ4v) is 1.16. The van der Waals surface area contributed by atoms with E-state index in [1.54, 1.807) is 18.2 Å². The smallest absolute Gasteiger partial charge is 0.155 e. The van der Waals surface area contributed by atoms with Crippen LogP contribution in [0.3, 0.4) is 0 Å². The molecule has 13 heavy (non-hydrogen) atoms. The normalized spacial score (nSPS) is 15.1. The number of hydrogen-bond acceptors (Lipinski definition) is 2. The largest absolute Gasteiger partial charge is 0.378 e. The molecule has 0 aliphatic rings. The predicted octanol–water partition coefficient (Wildman–Crippen LogP) is 2.05. The molecule has 1 rings (SSSR count). The monoisotopic (exact) mass is 198 g/mol. The van der Waals surface area contributed by atoms with Crippen LogP contribution in [-0.4, -0.2) is 11.4 Å². The van der Waals surface area contributed by atoms with Gasteiger partial charge in [0, 0.05) is 5.02 Å². The fraction of sp³-hybridized carbons (Fsp3) is 0.300. The van der Waals surface area contributed by atoms with Crippen molar-refractivity contribution in [2.75, 3.05) is 0 Å². The van der Waals surface area contributed by atoms with E-state index < -0.39 is 5.60 Å². The summed E-state index contributed by atoms with van der Waals surface area (Å²) in [4.78, 5) is 10.5. The van der Waals surface area contributed by atoms with Gasteiger partial charge in [-0.05, 0) is 31.0 Å². The van der Waals surface area contributed by atoms with Crippen molar-refractivity contribution in [1.82, 2.24) is 0 Å². The van der Waals surface area contributed by atoms with Gasteiger partial charge < -0.3 is 5.11 Å². The van der Waals surface area contributed by atoms with E-state index in [4.69, 9.17) is 11.6 Å². The second kappa shape index (κ2) is 3.48. The Bertz CT molecular complexity index is 332. The van der Waals surface area contributed by atoms with Gasteiger partial charge in [-0.15, -0.1) is 0 Å². The molecular formula is C10H11ClO2. The number of aldehydes is 1. The molecule has 1 atom stereocenters. The Morgan fingerprint density at radius 1 is 1.54 bits per heavy atom. The zero-order valence-electron chi connectivity index (χ0n) is 7.54. The molecule has 2 nitrogen and oxygen atoms in total. The van der Waals surface area contributed by atoms with Gasteiger partial charge in [-0.3, -0.25) is 4.79 Å². The number of aryl methyl sites for hydroxylation is 1. The number of halogens is 1. The lowest BCUT2D eigenvalue weighted by Crippen LogP contribution is -2.22. The number of carbonyl (C=O) groups is 1. The van der Waals surface area contributed by atoms with E-state index in [9.17, 15) is 9.90 Å². The van der Waals surface area contributed by atoms with Gasteiger partial charge in [0.15, 0.2) is 6.29 Å². The second-order valence-electron chi connectivity index (χ2n) is 3.23. The highest BCUT2D eigenvalue weighted by atomic mass is 35.5. The third-order valence-electron chi connectivity index (χ3n) is 1.99. The Labute approximate surface area is 82.2 Å². The number of rotatable bonds is 2. The first kappa shape index (κ1) is 10.2. The molecule has 0 amide bonds. The molecule has 0 aliphatic carbocycles. The van der Waals surface area contributed by atoms with E-state index in [2.05, 4.69) is 0 Å². The van der Waals surface area contributed by atoms with Crippen molar-refractivity contribution in [2.45, 2.75) is 19.4 Å². The molecule has 1 unspecified atom stereocenters. The summed E-state index contributed by atoms with van der Waals surface area (Å²) >= 11 is 5.85. The molecule has 0 aliphatic heterocycles. The molecule has 0 aromatic heterocycles. The summed E-state index contributed by atoms with van der Waals surface area (Å²) in [7, 11) is 0. The number of benzene rings is 1. The lowest BCUT2D eigenvalue weighted by Gasteiger charge is -2.16. The van der Waals surface area contributed by atoms with Crippen molar-refractivity contribution < 1.29 is 9.90 Å². The average molecular weight is 199 g/mol. The molecule has 0 fully saturated rings. The maximum atomic E-state index is 10.5. The zero-order chi connectivity index (χ0) is 10.1. The van der Waals surface area contributed by atoms with Gasteiger partial charge in [-0.2, -0.15) is 0 Å². The molecule has 0 spiro atoms. The van der Waals surface area contributed by atoms with Gasteiger partial charge in [0.25, 0.3) is 0 Å². The second-order valence-corrected chi connectivity index (χ2v) is 3.64. The quantitative estimate of drug-likeness (QED) is 0.739. The number of carbonyl (C=O) groups excluding carboxylic acids is 1. The van der Waals surface area contributed by atoms with Crippen molar-refractivity contribution in [2.24, 2.45) is 0 Å². The van der Waals surface area contributed by atoms with Crippen LogP contribution in [0.4, 0.5) is 0 Å². The van der Waals surface area contributed by atoms with Crippen LogP contribution < -0.4 is 0 Å². The SMILES string of the molecule is Cc1ccc(C(C)(O)C=O)cc1Cl. The summed E-state index contributed by atoms with van der Waals surface area (Å²) in [6.07, 6.45) is 0.494. The van der Waals surface area contributed by atoms with Crippen molar-refractivity contribution in [3.05, 3.63) is 34.3 Å². The van der Waals surface area contributed by atoms with E-state index in [1.807, 2.05) is 6.92 Å². The molecule has 0 radical (unpaired) electrons. The molecule has 0 bridgehead atoms. The van der Waals surface area contributed by atoms with E-state index in [-0.39, 0.29) is 0 Å². The van der Waals surface area contributed by atoms with E-state index >= 15 is 0 Å². The van der Waals surface area contributed by atoms with Crippen LogP contribution in [0.2, 0.25) is 5.02 Å². The van der Waals surface area contributed by atoms with E-state index in [0.29, 0.717) is 16.9 Å². The van der Waals surface area contributed by atoms with Crippen molar-refractivity contribution in [1.29, 1.82) is 0 Å². The fourth-order valence-electron chi connectivity index (χ4n) is 0.976. The molecule has 1 aromatic carbocycles. The summed E-state index contributed by atoms with van der Waals surface area (Å²) in [6.45, 7) is 3.29. The van der Waals surface area contributed by atoms with Gasteiger partial charge in [0.2, 0.25) is 0 Å². The highest BCUT2D eigenvalue weighted by Crippen LogP contribution is 2.23. The lowest BCUT2D eigenvalue weighted by atomic mass is 9.97. The zero-order valence-corrected chi connectivity index (χ0v) is 8.30. The Hall–Kier alpha value is -0.860. The highest BCUT2D eigenvalue weighted by Gasteiger charge is 2.22. The minimum Gasteiger partial charge on any atom is -0.378 e. The van der Waals surface area contributed by atoms with Gasteiger partial charge >= 0.3 is 0 Å². The van der Waals surface area contributed by atoms with Crippen molar-refractivity contribution in [3.63, 3.8) is 0 Å². The first-order chi connectivity index (χ1) is 5.97. The maximum Gasteiger partial charge on any atom is 0.155 e. The van der Waals surface area contributed by atoms with Crippen molar-refractivity contribution >= 4 is 17.9 Å². The highest BCUT2D eigenvalue weighted by molar-refractivity contribution is 6.31. The summed E-state index contributed by atoms with van der Waals surface area (Å²) in [5.74, 6) is 0. The van der Waals surface area contributed by atoms with Crippen LogP contribution in [0.15, 0.2) is 18.2 Å². The van der Waals surface area contributed by atoms with Crippen LogP contribution in [-0.2, 0) is 10.4 Å². The molecule has 1 N–H and O–H groups in total. The van der Waals surface area contributed by atoms with Crippen LogP contribution in [0.5, 0.6) is 0 Å².